The Kier molecular flexibility index (Phi) is 5.40. The van der Waals surface area contributed by atoms with E-state index in [0.717, 1.165) is 0 Å². The number of aliphatic hydroxyl groups is 1. The Morgan fingerprint density at radius 2 is 2.00 bits per heavy atom. The van der Waals surface area contributed by atoms with Gasteiger partial charge >= 0.3 is 0 Å². The molecule has 0 aromatic rings. The number of rotatable bonds is 6. The third kappa shape index (κ3) is 5.50. The van der Waals surface area contributed by atoms with E-state index in [4.69, 9.17) is 0 Å². The second-order valence-corrected chi connectivity index (χ2v) is 5.58. The number of likely N-dealkylation sites (N-methyl/N-ethyl adjacent to an activating group) is 1. The van der Waals surface area contributed by atoms with Gasteiger partial charge < -0.3 is 15.3 Å². The Labute approximate surface area is 104 Å². The summed E-state index contributed by atoms with van der Waals surface area (Å²) in [5.74, 6) is 0.0847. The number of carbonyl (C=O) groups excluding carboxylic acids is 1. The summed E-state index contributed by atoms with van der Waals surface area (Å²) in [7, 11) is 0. The number of hydrogen-bond acceptors (Lipinski definition) is 3. The quantitative estimate of drug-likeness (QED) is 0.734. The van der Waals surface area contributed by atoms with Gasteiger partial charge in [0.05, 0.1) is 12.1 Å². The molecule has 1 rings (SSSR count). The summed E-state index contributed by atoms with van der Waals surface area (Å²) in [6, 6.07) is 0.514. The number of nitrogens with zero attached hydrogens (tertiary/aromatic N) is 1. The molecule has 0 saturated heterocycles. The molecule has 1 saturated carbocycles. The summed E-state index contributed by atoms with van der Waals surface area (Å²) in [6.07, 6.45) is 4.91. The van der Waals surface area contributed by atoms with Gasteiger partial charge in [-0.3, -0.25) is 4.79 Å². The minimum absolute atomic E-state index is 0.0847. The summed E-state index contributed by atoms with van der Waals surface area (Å²) in [6.45, 7) is 6.85. The van der Waals surface area contributed by atoms with Crippen LogP contribution in [0.2, 0.25) is 0 Å². The van der Waals surface area contributed by atoms with Gasteiger partial charge in [-0.15, -0.1) is 0 Å². The Hall–Kier alpha value is -0.610. The van der Waals surface area contributed by atoms with Crippen molar-refractivity contribution in [2.24, 2.45) is 0 Å². The lowest BCUT2D eigenvalue weighted by atomic mass is 10.1. The Balaban J connectivity index is 2.32. The normalized spacial score (nSPS) is 17.4. The van der Waals surface area contributed by atoms with E-state index in [1.165, 1.54) is 25.7 Å². The first-order valence-corrected chi connectivity index (χ1v) is 6.66. The first-order valence-electron chi connectivity index (χ1n) is 6.66. The molecule has 2 N–H and O–H groups in total. The zero-order chi connectivity index (χ0) is 12.9. The van der Waals surface area contributed by atoms with Crippen LogP contribution in [0.15, 0.2) is 0 Å². The van der Waals surface area contributed by atoms with Crippen molar-refractivity contribution in [1.82, 2.24) is 10.2 Å². The Morgan fingerprint density at radius 1 is 1.41 bits per heavy atom. The molecule has 0 atom stereocenters. The summed E-state index contributed by atoms with van der Waals surface area (Å²) >= 11 is 0. The third-order valence-corrected chi connectivity index (χ3v) is 3.21. The first kappa shape index (κ1) is 14.5. The van der Waals surface area contributed by atoms with Gasteiger partial charge in [0.1, 0.15) is 0 Å². The molecule has 0 spiro atoms. The highest BCUT2D eigenvalue weighted by Crippen LogP contribution is 2.17. The van der Waals surface area contributed by atoms with Crippen molar-refractivity contribution >= 4 is 5.91 Å². The molecule has 0 aromatic carbocycles. The molecule has 0 aliphatic heterocycles. The van der Waals surface area contributed by atoms with Crippen LogP contribution in [-0.4, -0.2) is 47.2 Å². The van der Waals surface area contributed by atoms with Gasteiger partial charge in [0, 0.05) is 19.1 Å². The predicted octanol–water partition coefficient (Wildman–Crippen LogP) is 1.14. The highest BCUT2D eigenvalue weighted by Gasteiger charge is 2.22. The number of carbonyl (C=O) groups is 1. The fraction of sp³-hybridized carbons (Fsp3) is 0.923. The summed E-state index contributed by atoms with van der Waals surface area (Å²) < 4.78 is 0. The number of hydrogen-bond donors (Lipinski definition) is 2. The highest BCUT2D eigenvalue weighted by atomic mass is 16.3. The molecule has 4 nitrogen and oxygen atoms in total. The minimum atomic E-state index is -0.820. The van der Waals surface area contributed by atoms with Crippen molar-refractivity contribution < 1.29 is 9.90 Å². The summed E-state index contributed by atoms with van der Waals surface area (Å²) in [5, 5.41) is 13.0. The van der Waals surface area contributed by atoms with Crippen LogP contribution in [0.3, 0.4) is 0 Å². The van der Waals surface area contributed by atoms with Gasteiger partial charge in [-0.05, 0) is 33.6 Å². The molecule has 1 aliphatic carbocycles. The summed E-state index contributed by atoms with van der Waals surface area (Å²) in [5.41, 5.74) is -0.820. The summed E-state index contributed by atoms with van der Waals surface area (Å²) in [4.78, 5) is 13.7. The van der Waals surface area contributed by atoms with Gasteiger partial charge in [-0.25, -0.2) is 0 Å². The molecule has 0 unspecified atom stereocenters. The van der Waals surface area contributed by atoms with Crippen molar-refractivity contribution in [3.8, 4) is 0 Å². The van der Waals surface area contributed by atoms with E-state index in [-0.39, 0.29) is 5.91 Å². The van der Waals surface area contributed by atoms with E-state index in [1.54, 1.807) is 18.7 Å². The zero-order valence-corrected chi connectivity index (χ0v) is 11.3. The predicted molar refractivity (Wildman–Crippen MR) is 68.8 cm³/mol. The molecule has 1 fully saturated rings. The molecule has 17 heavy (non-hydrogen) atoms. The first-order chi connectivity index (χ1) is 7.92. The number of nitrogens with one attached hydrogen (secondary N) is 1. The molecule has 4 heteroatoms. The molecule has 0 heterocycles. The largest absolute Gasteiger partial charge is 0.389 e. The van der Waals surface area contributed by atoms with Gasteiger partial charge in [0.15, 0.2) is 0 Å². The average Bonchev–Trinajstić information content (AvgIpc) is 2.74. The van der Waals surface area contributed by atoms with Crippen LogP contribution in [0.4, 0.5) is 0 Å². The lowest BCUT2D eigenvalue weighted by Crippen LogP contribution is -2.46. The zero-order valence-electron chi connectivity index (χ0n) is 11.3. The van der Waals surface area contributed by atoms with Gasteiger partial charge in [-0.2, -0.15) is 0 Å². The van der Waals surface area contributed by atoms with E-state index in [2.05, 4.69) is 5.32 Å². The Bertz CT molecular complexity index is 242. The Morgan fingerprint density at radius 3 is 2.47 bits per heavy atom. The van der Waals surface area contributed by atoms with Crippen LogP contribution in [-0.2, 0) is 4.79 Å². The third-order valence-electron chi connectivity index (χ3n) is 3.21. The maximum absolute atomic E-state index is 12.0. The molecule has 1 aliphatic rings. The minimum Gasteiger partial charge on any atom is -0.389 e. The molecular weight excluding hydrogens is 216 g/mol. The molecule has 100 valence electrons. The van der Waals surface area contributed by atoms with E-state index >= 15 is 0 Å². The highest BCUT2D eigenvalue weighted by molar-refractivity contribution is 5.78. The SMILES string of the molecule is CCN(CC(C)(C)O)C(=O)CNC1CCCC1. The smallest absolute Gasteiger partial charge is 0.236 e. The molecular formula is C13H26N2O2. The van der Waals surface area contributed by atoms with Crippen LogP contribution >= 0.6 is 0 Å². The van der Waals surface area contributed by atoms with Crippen LogP contribution in [0.1, 0.15) is 46.5 Å². The average molecular weight is 242 g/mol. The van der Waals surface area contributed by atoms with Gasteiger partial charge in [0.25, 0.3) is 0 Å². The maximum Gasteiger partial charge on any atom is 0.236 e. The van der Waals surface area contributed by atoms with E-state index < -0.39 is 5.60 Å². The topological polar surface area (TPSA) is 52.6 Å². The van der Waals surface area contributed by atoms with Gasteiger partial charge in [0.2, 0.25) is 5.91 Å². The van der Waals surface area contributed by atoms with Crippen LogP contribution in [0, 0.1) is 0 Å². The van der Waals surface area contributed by atoms with Crippen molar-refractivity contribution in [2.45, 2.75) is 58.1 Å². The monoisotopic (exact) mass is 242 g/mol. The van der Waals surface area contributed by atoms with Crippen LogP contribution < -0.4 is 5.32 Å². The van der Waals surface area contributed by atoms with Crippen molar-refractivity contribution in [1.29, 1.82) is 0 Å². The lowest BCUT2D eigenvalue weighted by molar-refractivity contribution is -0.133. The molecule has 0 bridgehead atoms. The number of amides is 1. The fourth-order valence-electron chi connectivity index (χ4n) is 2.32. The maximum atomic E-state index is 12.0. The van der Waals surface area contributed by atoms with E-state index in [1.807, 2.05) is 6.92 Å². The standard InChI is InChI=1S/C13H26N2O2/c1-4-15(10-13(2,3)17)12(16)9-14-11-7-5-6-8-11/h11,14,17H,4-10H2,1-3H3. The van der Waals surface area contributed by atoms with Crippen molar-refractivity contribution in [3.63, 3.8) is 0 Å². The molecule has 0 aromatic heterocycles. The fourth-order valence-corrected chi connectivity index (χ4v) is 2.32. The van der Waals surface area contributed by atoms with Crippen LogP contribution in [0.25, 0.3) is 0 Å². The van der Waals surface area contributed by atoms with Crippen molar-refractivity contribution in [2.75, 3.05) is 19.6 Å². The second kappa shape index (κ2) is 6.36. The lowest BCUT2D eigenvalue weighted by Gasteiger charge is -2.28. The second-order valence-electron chi connectivity index (χ2n) is 5.58. The van der Waals surface area contributed by atoms with E-state index in [0.29, 0.717) is 25.7 Å². The van der Waals surface area contributed by atoms with E-state index in [9.17, 15) is 9.90 Å². The van der Waals surface area contributed by atoms with Crippen molar-refractivity contribution in [3.05, 3.63) is 0 Å². The molecule has 1 amide bonds. The van der Waals surface area contributed by atoms with Gasteiger partial charge in [-0.1, -0.05) is 12.8 Å². The molecule has 0 radical (unpaired) electrons. The van der Waals surface area contributed by atoms with Crippen LogP contribution in [0.5, 0.6) is 0 Å².